The number of hydrogen-bond donors (Lipinski definition) is 0. The molecule has 0 N–H and O–H groups in total. The molecular formula is C11H20. The van der Waals surface area contributed by atoms with Crippen LogP contribution in [0, 0.1) is 11.8 Å². The van der Waals surface area contributed by atoms with Crippen LogP contribution in [0.3, 0.4) is 0 Å². The van der Waals surface area contributed by atoms with E-state index < -0.39 is 0 Å². The molecule has 0 saturated carbocycles. The van der Waals surface area contributed by atoms with Crippen LogP contribution >= 0.6 is 0 Å². The molecule has 0 fully saturated rings. The summed E-state index contributed by atoms with van der Waals surface area (Å²) in [5.41, 5.74) is 0. The molecule has 0 bridgehead atoms. The van der Waals surface area contributed by atoms with Crippen LogP contribution in [-0.2, 0) is 0 Å². The second kappa shape index (κ2) is 4.58. The van der Waals surface area contributed by atoms with E-state index in [1.807, 2.05) is 0 Å². The number of rotatable bonds is 4. The molecule has 0 spiro atoms. The third-order valence-electron chi connectivity index (χ3n) is 2.58. The average Bonchev–Trinajstić information content (AvgIpc) is 2.38. The molecule has 0 nitrogen and oxygen atoms in total. The fourth-order valence-electron chi connectivity index (χ4n) is 2.03. The van der Waals surface area contributed by atoms with Crippen molar-refractivity contribution in [3.8, 4) is 0 Å². The monoisotopic (exact) mass is 152 g/mol. The zero-order valence-electron chi connectivity index (χ0n) is 7.84. The molecule has 0 aliphatic heterocycles. The van der Waals surface area contributed by atoms with Gasteiger partial charge < -0.3 is 0 Å². The second-order valence-electron chi connectivity index (χ2n) is 3.72. The fraction of sp³-hybridized carbons (Fsp3) is 0.818. The standard InChI is InChI=1S/C11H20/c1-3-5-10-7-8-11(9-10)6-4-2/h7-8,10-11H,3-6,9H2,1-2H3. The summed E-state index contributed by atoms with van der Waals surface area (Å²) in [7, 11) is 0. The van der Waals surface area contributed by atoms with Crippen molar-refractivity contribution in [2.24, 2.45) is 11.8 Å². The lowest BCUT2D eigenvalue weighted by atomic mass is 9.96. The van der Waals surface area contributed by atoms with Gasteiger partial charge >= 0.3 is 0 Å². The predicted molar refractivity (Wildman–Crippen MR) is 50.6 cm³/mol. The Morgan fingerprint density at radius 2 is 1.45 bits per heavy atom. The van der Waals surface area contributed by atoms with Gasteiger partial charge in [0.05, 0.1) is 0 Å². The predicted octanol–water partition coefficient (Wildman–Crippen LogP) is 3.78. The maximum absolute atomic E-state index is 2.43. The van der Waals surface area contributed by atoms with Gasteiger partial charge in [0.2, 0.25) is 0 Å². The lowest BCUT2D eigenvalue weighted by Crippen LogP contribution is -1.97. The Morgan fingerprint density at radius 1 is 1.00 bits per heavy atom. The van der Waals surface area contributed by atoms with Gasteiger partial charge in [0.25, 0.3) is 0 Å². The first-order valence-electron chi connectivity index (χ1n) is 5.05. The average molecular weight is 152 g/mol. The summed E-state index contributed by atoms with van der Waals surface area (Å²) < 4.78 is 0. The van der Waals surface area contributed by atoms with E-state index in [-0.39, 0.29) is 0 Å². The Labute approximate surface area is 70.7 Å². The minimum atomic E-state index is 0.913. The topological polar surface area (TPSA) is 0 Å². The molecule has 0 saturated heterocycles. The highest BCUT2D eigenvalue weighted by atomic mass is 14.2. The molecule has 0 amide bonds. The third kappa shape index (κ3) is 2.69. The highest BCUT2D eigenvalue weighted by Crippen LogP contribution is 2.29. The molecule has 2 unspecified atom stereocenters. The Balaban J connectivity index is 2.19. The van der Waals surface area contributed by atoms with Crippen LogP contribution in [0.2, 0.25) is 0 Å². The summed E-state index contributed by atoms with van der Waals surface area (Å²) in [4.78, 5) is 0. The van der Waals surface area contributed by atoms with Crippen molar-refractivity contribution in [2.75, 3.05) is 0 Å². The Hall–Kier alpha value is -0.260. The van der Waals surface area contributed by atoms with Gasteiger partial charge in [-0.05, 0) is 31.1 Å². The highest BCUT2D eigenvalue weighted by molar-refractivity contribution is 5.01. The maximum atomic E-state index is 2.43. The molecule has 0 heterocycles. The molecule has 0 radical (unpaired) electrons. The lowest BCUT2D eigenvalue weighted by molar-refractivity contribution is 0.467. The third-order valence-corrected chi connectivity index (χ3v) is 2.58. The molecule has 64 valence electrons. The van der Waals surface area contributed by atoms with Crippen molar-refractivity contribution in [1.82, 2.24) is 0 Å². The smallest absolute Gasteiger partial charge is 0.0228 e. The first-order chi connectivity index (χ1) is 5.36. The first-order valence-corrected chi connectivity index (χ1v) is 5.05. The Kier molecular flexibility index (Phi) is 3.68. The van der Waals surface area contributed by atoms with E-state index in [2.05, 4.69) is 26.0 Å². The summed E-state index contributed by atoms with van der Waals surface area (Å²) in [6.07, 6.45) is 11.8. The van der Waals surface area contributed by atoms with Crippen LogP contribution < -0.4 is 0 Å². The Bertz CT molecular complexity index is 110. The zero-order chi connectivity index (χ0) is 8.10. The van der Waals surface area contributed by atoms with E-state index in [1.54, 1.807) is 0 Å². The van der Waals surface area contributed by atoms with Crippen LogP contribution in [0.5, 0.6) is 0 Å². The summed E-state index contributed by atoms with van der Waals surface area (Å²) in [5.74, 6) is 1.83. The normalized spacial score (nSPS) is 29.6. The van der Waals surface area contributed by atoms with Crippen molar-refractivity contribution in [3.63, 3.8) is 0 Å². The van der Waals surface area contributed by atoms with Crippen LogP contribution in [0.1, 0.15) is 46.0 Å². The lowest BCUT2D eigenvalue weighted by Gasteiger charge is -2.09. The van der Waals surface area contributed by atoms with E-state index in [0.717, 1.165) is 11.8 Å². The zero-order valence-corrected chi connectivity index (χ0v) is 7.84. The van der Waals surface area contributed by atoms with Gasteiger partial charge in [-0.3, -0.25) is 0 Å². The summed E-state index contributed by atoms with van der Waals surface area (Å²) in [6, 6.07) is 0. The molecule has 0 aromatic heterocycles. The number of hydrogen-bond acceptors (Lipinski definition) is 0. The van der Waals surface area contributed by atoms with Crippen molar-refractivity contribution in [1.29, 1.82) is 0 Å². The van der Waals surface area contributed by atoms with Gasteiger partial charge in [0.1, 0.15) is 0 Å². The van der Waals surface area contributed by atoms with E-state index in [1.165, 1.54) is 32.1 Å². The van der Waals surface area contributed by atoms with E-state index >= 15 is 0 Å². The van der Waals surface area contributed by atoms with Gasteiger partial charge in [-0.15, -0.1) is 0 Å². The number of allylic oxidation sites excluding steroid dienone is 2. The van der Waals surface area contributed by atoms with Crippen molar-refractivity contribution in [2.45, 2.75) is 46.0 Å². The summed E-state index contributed by atoms with van der Waals surface area (Å²) in [5, 5.41) is 0. The van der Waals surface area contributed by atoms with Gasteiger partial charge in [0, 0.05) is 0 Å². The second-order valence-corrected chi connectivity index (χ2v) is 3.72. The van der Waals surface area contributed by atoms with E-state index in [9.17, 15) is 0 Å². The van der Waals surface area contributed by atoms with Gasteiger partial charge in [-0.2, -0.15) is 0 Å². The molecule has 0 aromatic carbocycles. The van der Waals surface area contributed by atoms with Crippen molar-refractivity contribution >= 4 is 0 Å². The van der Waals surface area contributed by atoms with Crippen molar-refractivity contribution < 1.29 is 0 Å². The molecule has 0 aromatic rings. The summed E-state index contributed by atoms with van der Waals surface area (Å²) in [6.45, 7) is 4.56. The highest BCUT2D eigenvalue weighted by Gasteiger charge is 2.16. The van der Waals surface area contributed by atoms with E-state index in [4.69, 9.17) is 0 Å². The molecule has 0 heteroatoms. The molecule has 2 atom stereocenters. The van der Waals surface area contributed by atoms with Crippen LogP contribution in [-0.4, -0.2) is 0 Å². The van der Waals surface area contributed by atoms with Gasteiger partial charge in [-0.1, -0.05) is 38.8 Å². The van der Waals surface area contributed by atoms with Crippen molar-refractivity contribution in [3.05, 3.63) is 12.2 Å². The quantitative estimate of drug-likeness (QED) is 0.538. The molecule has 1 rings (SSSR count). The SMILES string of the molecule is CCCC1C=CC(CCC)C1. The van der Waals surface area contributed by atoms with Crippen LogP contribution in [0.4, 0.5) is 0 Å². The molecule has 1 aliphatic carbocycles. The maximum Gasteiger partial charge on any atom is -0.0228 e. The Morgan fingerprint density at radius 3 is 1.82 bits per heavy atom. The largest absolute Gasteiger partial charge is 0.0851 e. The van der Waals surface area contributed by atoms with Crippen LogP contribution in [0.15, 0.2) is 12.2 Å². The minimum absolute atomic E-state index is 0.913. The van der Waals surface area contributed by atoms with Gasteiger partial charge in [-0.25, -0.2) is 0 Å². The van der Waals surface area contributed by atoms with Crippen LogP contribution in [0.25, 0.3) is 0 Å². The van der Waals surface area contributed by atoms with Gasteiger partial charge in [0.15, 0.2) is 0 Å². The summed E-state index contributed by atoms with van der Waals surface area (Å²) >= 11 is 0. The molecular weight excluding hydrogens is 132 g/mol. The molecule has 11 heavy (non-hydrogen) atoms. The fourth-order valence-corrected chi connectivity index (χ4v) is 2.03. The van der Waals surface area contributed by atoms with E-state index in [0.29, 0.717) is 0 Å². The first kappa shape index (κ1) is 8.83. The minimum Gasteiger partial charge on any atom is -0.0851 e. The molecule has 1 aliphatic rings.